The van der Waals surface area contributed by atoms with Crippen LogP contribution in [0.25, 0.3) is 0 Å². The molecule has 0 radical (unpaired) electrons. The minimum absolute atomic E-state index is 0.00904. The fourth-order valence-electron chi connectivity index (χ4n) is 2.91. The predicted octanol–water partition coefficient (Wildman–Crippen LogP) is 4.19. The Hall–Kier alpha value is -3.23. The van der Waals surface area contributed by atoms with Gasteiger partial charge in [-0.15, -0.1) is 0 Å². The van der Waals surface area contributed by atoms with E-state index in [9.17, 15) is 13.2 Å². The fourth-order valence-corrected chi connectivity index (χ4v) is 4.53. The smallest absolute Gasteiger partial charge is 0.264 e. The zero-order chi connectivity index (χ0) is 22.4. The van der Waals surface area contributed by atoms with Gasteiger partial charge in [0.2, 0.25) is 5.91 Å². The van der Waals surface area contributed by atoms with Gasteiger partial charge in [0.25, 0.3) is 10.0 Å². The zero-order valence-electron chi connectivity index (χ0n) is 16.9. The summed E-state index contributed by atoms with van der Waals surface area (Å²) in [6.45, 7) is -0.471. The number of sulfonamides is 1. The van der Waals surface area contributed by atoms with Gasteiger partial charge in [0.15, 0.2) is 0 Å². The van der Waals surface area contributed by atoms with Crippen molar-refractivity contribution < 1.29 is 22.7 Å². The van der Waals surface area contributed by atoms with Gasteiger partial charge in [-0.05, 0) is 54.6 Å². The first kappa shape index (κ1) is 22.5. The SMILES string of the molecule is COc1ccc(S(=O)(=O)N(CC(=O)Nc2cccc(Cl)c2)c2ccccc2OC)cc1. The zero-order valence-corrected chi connectivity index (χ0v) is 18.5. The molecular formula is C22H21ClN2O5S. The Morgan fingerprint density at radius 2 is 1.68 bits per heavy atom. The van der Waals surface area contributed by atoms with Crippen LogP contribution in [0.2, 0.25) is 5.02 Å². The number of hydrogen-bond acceptors (Lipinski definition) is 5. The van der Waals surface area contributed by atoms with Gasteiger partial charge < -0.3 is 14.8 Å². The molecule has 3 rings (SSSR count). The molecule has 0 unspecified atom stereocenters. The molecule has 0 saturated heterocycles. The van der Waals surface area contributed by atoms with Crippen molar-refractivity contribution in [3.05, 3.63) is 77.8 Å². The molecule has 0 aliphatic rings. The number of carbonyl (C=O) groups excluding carboxylic acids is 1. The van der Waals surface area contributed by atoms with E-state index in [1.165, 1.54) is 26.4 Å². The first-order valence-corrected chi connectivity index (χ1v) is 11.0. The predicted molar refractivity (Wildman–Crippen MR) is 121 cm³/mol. The van der Waals surface area contributed by atoms with Gasteiger partial charge >= 0.3 is 0 Å². The molecule has 0 spiro atoms. The third-order valence-corrected chi connectivity index (χ3v) is 6.41. The Labute approximate surface area is 186 Å². The number of para-hydroxylation sites is 2. The molecule has 1 amide bonds. The van der Waals surface area contributed by atoms with Gasteiger partial charge in [0, 0.05) is 10.7 Å². The number of nitrogens with one attached hydrogen (secondary N) is 1. The van der Waals surface area contributed by atoms with E-state index in [0.29, 0.717) is 22.2 Å². The molecule has 0 fully saturated rings. The fraction of sp³-hybridized carbons (Fsp3) is 0.136. The van der Waals surface area contributed by atoms with E-state index >= 15 is 0 Å². The number of ether oxygens (including phenoxy) is 2. The average molecular weight is 461 g/mol. The summed E-state index contributed by atoms with van der Waals surface area (Å²) in [5, 5.41) is 3.12. The van der Waals surface area contributed by atoms with Crippen LogP contribution in [0.1, 0.15) is 0 Å². The van der Waals surface area contributed by atoms with Crippen molar-refractivity contribution >= 4 is 38.9 Å². The molecule has 1 N–H and O–H groups in total. The molecular weight excluding hydrogens is 440 g/mol. The van der Waals surface area contributed by atoms with Crippen LogP contribution in [0, 0.1) is 0 Å². The maximum Gasteiger partial charge on any atom is 0.264 e. The van der Waals surface area contributed by atoms with Crippen LogP contribution in [0.5, 0.6) is 11.5 Å². The number of benzene rings is 3. The highest BCUT2D eigenvalue weighted by Gasteiger charge is 2.29. The first-order valence-electron chi connectivity index (χ1n) is 9.20. The summed E-state index contributed by atoms with van der Waals surface area (Å²) in [5.74, 6) is 0.293. The Morgan fingerprint density at radius 1 is 0.968 bits per heavy atom. The highest BCUT2D eigenvalue weighted by Crippen LogP contribution is 2.32. The van der Waals surface area contributed by atoms with Crippen LogP contribution in [-0.2, 0) is 14.8 Å². The van der Waals surface area contributed by atoms with Gasteiger partial charge in [-0.1, -0.05) is 29.8 Å². The number of anilines is 2. The van der Waals surface area contributed by atoms with E-state index in [2.05, 4.69) is 5.32 Å². The second-order valence-electron chi connectivity index (χ2n) is 6.42. The van der Waals surface area contributed by atoms with Crippen LogP contribution in [0.4, 0.5) is 11.4 Å². The van der Waals surface area contributed by atoms with E-state index < -0.39 is 22.5 Å². The van der Waals surface area contributed by atoms with E-state index in [1.807, 2.05) is 0 Å². The first-order chi connectivity index (χ1) is 14.8. The maximum absolute atomic E-state index is 13.5. The standard InChI is InChI=1S/C22H21ClN2O5S/c1-29-18-10-12-19(13-11-18)31(27,28)25(20-8-3-4-9-21(20)30-2)15-22(26)24-17-7-5-6-16(23)14-17/h3-14H,15H2,1-2H3,(H,24,26). The third-order valence-electron chi connectivity index (χ3n) is 4.40. The summed E-state index contributed by atoms with van der Waals surface area (Å²) >= 11 is 5.96. The lowest BCUT2D eigenvalue weighted by Gasteiger charge is -2.25. The number of nitrogens with zero attached hydrogens (tertiary/aromatic N) is 1. The summed E-state index contributed by atoms with van der Waals surface area (Å²) in [5.41, 5.74) is 0.696. The van der Waals surface area contributed by atoms with Crippen LogP contribution >= 0.6 is 11.6 Å². The second kappa shape index (κ2) is 9.72. The lowest BCUT2D eigenvalue weighted by Crippen LogP contribution is -2.38. The van der Waals surface area contributed by atoms with E-state index in [0.717, 1.165) is 4.31 Å². The molecule has 0 heterocycles. The normalized spacial score (nSPS) is 10.9. The molecule has 3 aromatic rings. The van der Waals surface area contributed by atoms with Crippen LogP contribution in [0.3, 0.4) is 0 Å². The van der Waals surface area contributed by atoms with Crippen LogP contribution in [-0.4, -0.2) is 35.1 Å². The van der Waals surface area contributed by atoms with Gasteiger partial charge in [0.1, 0.15) is 18.0 Å². The minimum atomic E-state index is -4.10. The minimum Gasteiger partial charge on any atom is -0.497 e. The van der Waals surface area contributed by atoms with E-state index in [-0.39, 0.29) is 10.6 Å². The molecule has 0 atom stereocenters. The topological polar surface area (TPSA) is 84.9 Å². The van der Waals surface area contributed by atoms with Crippen molar-refractivity contribution in [3.8, 4) is 11.5 Å². The number of hydrogen-bond donors (Lipinski definition) is 1. The van der Waals surface area contributed by atoms with Crippen LogP contribution in [0.15, 0.2) is 77.7 Å². The maximum atomic E-state index is 13.5. The summed E-state index contributed by atoms with van der Waals surface area (Å²) in [4.78, 5) is 12.8. The number of rotatable bonds is 8. The van der Waals surface area contributed by atoms with Crippen molar-refractivity contribution in [3.63, 3.8) is 0 Å². The Morgan fingerprint density at radius 3 is 2.32 bits per heavy atom. The van der Waals surface area contributed by atoms with Crippen molar-refractivity contribution in [1.82, 2.24) is 0 Å². The average Bonchev–Trinajstić information content (AvgIpc) is 2.77. The molecule has 162 valence electrons. The summed E-state index contributed by atoms with van der Waals surface area (Å²) in [7, 11) is -1.17. The van der Waals surface area contributed by atoms with E-state index in [4.69, 9.17) is 21.1 Å². The van der Waals surface area contributed by atoms with Crippen LogP contribution < -0.4 is 19.1 Å². The molecule has 0 aliphatic carbocycles. The highest BCUT2D eigenvalue weighted by molar-refractivity contribution is 7.92. The molecule has 9 heteroatoms. The molecule has 0 aliphatic heterocycles. The lowest BCUT2D eigenvalue weighted by atomic mass is 10.3. The lowest BCUT2D eigenvalue weighted by molar-refractivity contribution is -0.114. The van der Waals surface area contributed by atoms with Gasteiger partial charge in [0.05, 0.1) is 24.8 Å². The largest absolute Gasteiger partial charge is 0.497 e. The number of amides is 1. The van der Waals surface area contributed by atoms with Crippen molar-refractivity contribution in [2.24, 2.45) is 0 Å². The Bertz CT molecular complexity index is 1170. The summed E-state index contributed by atoms with van der Waals surface area (Å²) < 4.78 is 38.4. The van der Waals surface area contributed by atoms with Gasteiger partial charge in [-0.3, -0.25) is 9.10 Å². The molecule has 0 saturated carbocycles. The van der Waals surface area contributed by atoms with Gasteiger partial charge in [-0.25, -0.2) is 8.42 Å². The van der Waals surface area contributed by atoms with Gasteiger partial charge in [-0.2, -0.15) is 0 Å². The van der Waals surface area contributed by atoms with Crippen molar-refractivity contribution in [2.75, 3.05) is 30.4 Å². The molecule has 7 nitrogen and oxygen atoms in total. The van der Waals surface area contributed by atoms with Crippen molar-refractivity contribution in [2.45, 2.75) is 4.90 Å². The highest BCUT2D eigenvalue weighted by atomic mass is 35.5. The molecule has 0 bridgehead atoms. The van der Waals surface area contributed by atoms with E-state index in [1.54, 1.807) is 60.7 Å². The number of carbonyl (C=O) groups is 1. The molecule has 0 aromatic heterocycles. The second-order valence-corrected chi connectivity index (χ2v) is 8.72. The van der Waals surface area contributed by atoms with Crippen molar-refractivity contribution in [1.29, 1.82) is 0 Å². The molecule has 3 aromatic carbocycles. The summed E-state index contributed by atoms with van der Waals surface area (Å²) in [6.07, 6.45) is 0. The Balaban J connectivity index is 1.99. The quantitative estimate of drug-likeness (QED) is 0.544. The summed E-state index contributed by atoms with van der Waals surface area (Å²) in [6, 6.07) is 19.1. The third kappa shape index (κ3) is 5.28. The monoisotopic (exact) mass is 460 g/mol. The number of halogens is 1. The number of methoxy groups -OCH3 is 2. The Kier molecular flexibility index (Phi) is 7.04. The molecule has 31 heavy (non-hydrogen) atoms.